The van der Waals surface area contributed by atoms with Gasteiger partial charge in [-0.1, -0.05) is 0 Å². The molecule has 18 heavy (non-hydrogen) atoms. The molecule has 0 amide bonds. The predicted octanol–water partition coefficient (Wildman–Crippen LogP) is 2.21. The van der Waals surface area contributed by atoms with Gasteiger partial charge in [0.15, 0.2) is 5.65 Å². The Labute approximate surface area is 97.2 Å². The van der Waals surface area contributed by atoms with E-state index in [0.29, 0.717) is 10.1 Å². The van der Waals surface area contributed by atoms with Crippen molar-refractivity contribution in [2.24, 2.45) is 0 Å². The lowest BCUT2D eigenvalue weighted by atomic mass is 10.3. The molecule has 2 rings (SSSR count). The smallest absolute Gasteiger partial charge is 0.384 e. The van der Waals surface area contributed by atoms with E-state index in [0.717, 1.165) is 6.20 Å². The number of nitrogens with two attached hydrogens (primary N) is 1. The second kappa shape index (κ2) is 3.79. The third kappa shape index (κ3) is 2.07. The van der Waals surface area contributed by atoms with Gasteiger partial charge in [-0.3, -0.25) is 0 Å². The molecule has 2 aromatic rings. The maximum Gasteiger partial charge on any atom is 0.455 e. The van der Waals surface area contributed by atoms with Gasteiger partial charge in [0.2, 0.25) is 0 Å². The molecule has 0 saturated carbocycles. The molecule has 2 N–H and O–H groups in total. The Bertz CT molecular complexity index is 574. The number of nitrogen functional groups attached to an aromatic ring is 1. The molecule has 0 bridgehead atoms. The van der Waals surface area contributed by atoms with Crippen LogP contribution in [0.25, 0.3) is 11.0 Å². The number of pyridine rings is 1. The summed E-state index contributed by atoms with van der Waals surface area (Å²) in [6, 6.07) is 2.84. The Balaban J connectivity index is 2.41. The van der Waals surface area contributed by atoms with E-state index in [-0.39, 0.29) is 11.5 Å². The lowest BCUT2D eigenvalue weighted by Crippen LogP contribution is -2.40. The lowest BCUT2D eigenvalue weighted by molar-refractivity contribution is -0.287. The molecule has 2 aromatic heterocycles. The number of fused-ring (bicyclic) bond motifs is 1. The van der Waals surface area contributed by atoms with E-state index >= 15 is 0 Å². The Morgan fingerprint density at radius 2 is 1.83 bits per heavy atom. The Morgan fingerprint density at radius 3 is 2.44 bits per heavy atom. The maximum absolute atomic E-state index is 12.9. The van der Waals surface area contributed by atoms with Gasteiger partial charge in [0.1, 0.15) is 12.4 Å². The molecule has 0 atom stereocenters. The van der Waals surface area contributed by atoms with Crippen molar-refractivity contribution in [1.29, 1.82) is 0 Å². The van der Waals surface area contributed by atoms with E-state index in [9.17, 15) is 22.0 Å². The molecule has 0 aliphatic heterocycles. The molecule has 0 aliphatic rings. The van der Waals surface area contributed by atoms with Gasteiger partial charge in [-0.25, -0.2) is 9.67 Å². The van der Waals surface area contributed by atoms with E-state index in [4.69, 9.17) is 5.73 Å². The van der Waals surface area contributed by atoms with Gasteiger partial charge in [0, 0.05) is 5.39 Å². The average molecular weight is 266 g/mol. The van der Waals surface area contributed by atoms with E-state index < -0.39 is 18.6 Å². The number of halogens is 5. The van der Waals surface area contributed by atoms with Crippen molar-refractivity contribution in [1.82, 2.24) is 14.8 Å². The van der Waals surface area contributed by atoms with Crippen molar-refractivity contribution in [3.8, 4) is 0 Å². The molecule has 9 heteroatoms. The first kappa shape index (κ1) is 12.5. The van der Waals surface area contributed by atoms with Crippen LogP contribution in [0, 0.1) is 0 Å². The van der Waals surface area contributed by atoms with Crippen molar-refractivity contribution >= 4 is 16.9 Å². The fourth-order valence-electron chi connectivity index (χ4n) is 1.36. The number of hydrogen-bond donors (Lipinski definition) is 1. The highest BCUT2D eigenvalue weighted by Crippen LogP contribution is 2.36. The molecule has 0 aromatic carbocycles. The summed E-state index contributed by atoms with van der Waals surface area (Å²) in [6.45, 7) is -1.63. The Kier molecular flexibility index (Phi) is 2.63. The summed E-state index contributed by atoms with van der Waals surface area (Å²) in [5.41, 5.74) is 5.23. The number of aromatic nitrogens is 3. The molecular weight excluding hydrogens is 259 g/mol. The number of nitrogens with zero attached hydrogens (tertiary/aromatic N) is 3. The monoisotopic (exact) mass is 266 g/mol. The zero-order valence-corrected chi connectivity index (χ0v) is 8.75. The van der Waals surface area contributed by atoms with Gasteiger partial charge in [-0.05, 0) is 12.1 Å². The fraction of sp³-hybridized carbons (Fsp3) is 0.333. The average Bonchev–Trinajstić information content (AvgIpc) is 2.59. The van der Waals surface area contributed by atoms with Crippen LogP contribution in [0.15, 0.2) is 18.3 Å². The predicted molar refractivity (Wildman–Crippen MR) is 52.9 cm³/mol. The fourth-order valence-corrected chi connectivity index (χ4v) is 1.36. The normalized spacial score (nSPS) is 13.2. The lowest BCUT2D eigenvalue weighted by Gasteiger charge is -2.19. The van der Waals surface area contributed by atoms with E-state index in [2.05, 4.69) is 10.1 Å². The molecule has 0 aliphatic carbocycles. The van der Waals surface area contributed by atoms with Crippen LogP contribution >= 0.6 is 0 Å². The molecular formula is C9H7F5N4. The molecule has 0 saturated heterocycles. The van der Waals surface area contributed by atoms with Crippen LogP contribution in [0.2, 0.25) is 0 Å². The summed E-state index contributed by atoms with van der Waals surface area (Å²) in [5.74, 6) is -4.86. The first-order valence-electron chi connectivity index (χ1n) is 4.73. The molecule has 0 spiro atoms. The van der Waals surface area contributed by atoms with Crippen LogP contribution in [-0.2, 0) is 6.54 Å². The zero-order chi connectivity index (χ0) is 13.6. The first-order chi connectivity index (χ1) is 8.21. The van der Waals surface area contributed by atoms with Crippen LogP contribution < -0.4 is 5.73 Å². The van der Waals surface area contributed by atoms with Gasteiger partial charge < -0.3 is 5.73 Å². The van der Waals surface area contributed by atoms with Crippen LogP contribution in [-0.4, -0.2) is 26.9 Å². The third-order valence-corrected chi connectivity index (χ3v) is 2.27. The molecule has 2 heterocycles. The summed E-state index contributed by atoms with van der Waals surface area (Å²) < 4.78 is 62.4. The summed E-state index contributed by atoms with van der Waals surface area (Å²) in [6.07, 6.45) is -4.49. The Morgan fingerprint density at radius 1 is 1.17 bits per heavy atom. The van der Waals surface area contributed by atoms with Gasteiger partial charge >= 0.3 is 12.1 Å². The molecule has 0 unspecified atom stereocenters. The van der Waals surface area contributed by atoms with Gasteiger partial charge in [0.25, 0.3) is 0 Å². The largest absolute Gasteiger partial charge is 0.455 e. The SMILES string of the molecule is Nc1ccc2cnn(CC(F)(F)C(F)(F)F)c2n1. The highest BCUT2D eigenvalue weighted by atomic mass is 19.4. The minimum atomic E-state index is -5.63. The van der Waals surface area contributed by atoms with Crippen molar-refractivity contribution in [3.63, 3.8) is 0 Å². The van der Waals surface area contributed by atoms with Crippen molar-refractivity contribution in [3.05, 3.63) is 18.3 Å². The molecule has 98 valence electrons. The first-order valence-corrected chi connectivity index (χ1v) is 4.73. The van der Waals surface area contributed by atoms with Crippen LogP contribution in [0.4, 0.5) is 27.8 Å². The maximum atomic E-state index is 12.9. The highest BCUT2D eigenvalue weighted by Gasteiger charge is 2.57. The Hall–Kier alpha value is -1.93. The van der Waals surface area contributed by atoms with Crippen molar-refractivity contribution in [2.45, 2.75) is 18.6 Å². The highest BCUT2D eigenvalue weighted by molar-refractivity contribution is 5.76. The summed E-state index contributed by atoms with van der Waals surface area (Å²) in [5, 5.41) is 3.79. The molecule has 0 fully saturated rings. The summed E-state index contributed by atoms with van der Waals surface area (Å²) in [4.78, 5) is 3.68. The van der Waals surface area contributed by atoms with E-state index in [1.165, 1.54) is 12.1 Å². The zero-order valence-electron chi connectivity index (χ0n) is 8.75. The minimum absolute atomic E-state index is 0.0135. The summed E-state index contributed by atoms with van der Waals surface area (Å²) in [7, 11) is 0. The topological polar surface area (TPSA) is 56.7 Å². The second-order valence-corrected chi connectivity index (χ2v) is 3.65. The van der Waals surface area contributed by atoms with E-state index in [1.807, 2.05) is 0 Å². The number of alkyl halides is 5. The van der Waals surface area contributed by atoms with Crippen LogP contribution in [0.3, 0.4) is 0 Å². The van der Waals surface area contributed by atoms with Gasteiger partial charge in [0.05, 0.1) is 6.20 Å². The van der Waals surface area contributed by atoms with Gasteiger partial charge in [-0.2, -0.15) is 27.1 Å². The van der Waals surface area contributed by atoms with Gasteiger partial charge in [-0.15, -0.1) is 0 Å². The van der Waals surface area contributed by atoms with E-state index in [1.54, 1.807) is 0 Å². The van der Waals surface area contributed by atoms with Crippen LogP contribution in [0.1, 0.15) is 0 Å². The quantitative estimate of drug-likeness (QED) is 0.848. The molecule has 0 radical (unpaired) electrons. The number of rotatable bonds is 2. The standard InChI is InChI=1S/C9H7F5N4/c10-8(11,9(12,13)14)4-18-7-5(3-16-18)1-2-6(15)17-7/h1-3H,4H2,(H2,15,17). The number of hydrogen-bond acceptors (Lipinski definition) is 3. The van der Waals surface area contributed by atoms with Crippen molar-refractivity contribution in [2.75, 3.05) is 5.73 Å². The number of anilines is 1. The second-order valence-electron chi connectivity index (χ2n) is 3.65. The summed E-state index contributed by atoms with van der Waals surface area (Å²) >= 11 is 0. The van der Waals surface area contributed by atoms with Crippen molar-refractivity contribution < 1.29 is 22.0 Å². The minimum Gasteiger partial charge on any atom is -0.384 e. The van der Waals surface area contributed by atoms with Crippen LogP contribution in [0.5, 0.6) is 0 Å². The molecule has 4 nitrogen and oxygen atoms in total. The third-order valence-electron chi connectivity index (χ3n) is 2.27.